The largest absolute Gasteiger partial charge is 0.294 e. The zero-order chi connectivity index (χ0) is 10.0. The third-order valence-corrected chi connectivity index (χ3v) is 1.63. The molecule has 13 heavy (non-hydrogen) atoms. The van der Waals surface area contributed by atoms with Crippen LogP contribution in [0.2, 0.25) is 0 Å². The molecule has 0 spiro atoms. The maximum Gasteiger partial charge on any atom is 0.165 e. The quantitative estimate of drug-likeness (QED) is 0.515. The Morgan fingerprint density at radius 3 is 2.23 bits per heavy atom. The highest BCUT2D eigenvalue weighted by atomic mass is 19.2. The molecule has 1 rings (SSSR count). The smallest absolute Gasteiger partial charge is 0.165 e. The molecule has 4 heteroatoms. The molecule has 0 N–H and O–H groups in total. The van der Waals surface area contributed by atoms with Crippen LogP contribution in [-0.4, -0.2) is 5.78 Å². The van der Waals surface area contributed by atoms with Gasteiger partial charge in [0.15, 0.2) is 17.4 Å². The van der Waals surface area contributed by atoms with Crippen LogP contribution in [0.1, 0.15) is 23.7 Å². The van der Waals surface area contributed by atoms with Crippen LogP contribution in [-0.2, 0) is 0 Å². The monoisotopic (exact) mass is 188 g/mol. The molecule has 1 aromatic rings. The fourth-order valence-corrected chi connectivity index (χ4v) is 0.927. The lowest BCUT2D eigenvalue weighted by atomic mass is 10.1. The highest BCUT2D eigenvalue weighted by Gasteiger charge is 2.14. The molecule has 0 saturated heterocycles. The number of rotatable bonds is 2. The van der Waals surface area contributed by atoms with E-state index in [2.05, 4.69) is 0 Å². The van der Waals surface area contributed by atoms with E-state index in [-0.39, 0.29) is 6.42 Å². The fraction of sp³-hybridized carbons (Fsp3) is 0.222. The van der Waals surface area contributed by atoms with Gasteiger partial charge in [0.25, 0.3) is 0 Å². The summed E-state index contributed by atoms with van der Waals surface area (Å²) in [5.41, 5.74) is -0.401. The molecule has 0 unspecified atom stereocenters. The summed E-state index contributed by atoms with van der Waals surface area (Å²) >= 11 is 0. The normalized spacial score (nSPS) is 10.2. The Bertz CT molecular complexity index is 347. The molecule has 0 aliphatic carbocycles. The van der Waals surface area contributed by atoms with E-state index < -0.39 is 28.8 Å². The molecule has 0 bridgehead atoms. The Morgan fingerprint density at radius 1 is 1.15 bits per heavy atom. The van der Waals surface area contributed by atoms with Crippen molar-refractivity contribution >= 4 is 5.78 Å². The van der Waals surface area contributed by atoms with Gasteiger partial charge in [0.05, 0.1) is 5.56 Å². The average Bonchev–Trinajstić information content (AvgIpc) is 2.10. The Kier molecular flexibility index (Phi) is 2.70. The summed E-state index contributed by atoms with van der Waals surface area (Å²) in [6.45, 7) is 1.52. The Labute approximate surface area is 73.2 Å². The van der Waals surface area contributed by atoms with Gasteiger partial charge in [0, 0.05) is 12.5 Å². The van der Waals surface area contributed by atoms with Crippen LogP contribution in [0.3, 0.4) is 0 Å². The van der Waals surface area contributed by atoms with Crippen LogP contribution in [0.15, 0.2) is 12.1 Å². The van der Waals surface area contributed by atoms with E-state index in [1.807, 2.05) is 0 Å². The minimum absolute atomic E-state index is 0.0575. The van der Waals surface area contributed by atoms with Crippen molar-refractivity contribution in [2.75, 3.05) is 0 Å². The summed E-state index contributed by atoms with van der Waals surface area (Å²) in [6, 6.07) is 0.953. The van der Waals surface area contributed by atoms with E-state index in [0.717, 1.165) is 0 Å². The molecule has 0 atom stereocenters. The molecule has 0 aliphatic rings. The third-order valence-electron chi connectivity index (χ3n) is 1.63. The van der Waals surface area contributed by atoms with Crippen molar-refractivity contribution < 1.29 is 18.0 Å². The maximum absolute atomic E-state index is 12.8. The Balaban J connectivity index is 3.23. The van der Waals surface area contributed by atoms with Crippen molar-refractivity contribution in [1.82, 2.24) is 0 Å². The van der Waals surface area contributed by atoms with Crippen molar-refractivity contribution in [1.29, 1.82) is 0 Å². The molecule has 0 amide bonds. The zero-order valence-electron chi connectivity index (χ0n) is 6.90. The van der Waals surface area contributed by atoms with Gasteiger partial charge in [-0.1, -0.05) is 6.92 Å². The Morgan fingerprint density at radius 2 is 1.69 bits per heavy atom. The van der Waals surface area contributed by atoms with Crippen LogP contribution in [0, 0.1) is 17.5 Å². The highest BCUT2D eigenvalue weighted by Crippen LogP contribution is 2.14. The number of hydrogen-bond donors (Lipinski definition) is 0. The number of carbonyl (C=O) groups excluding carboxylic acids is 1. The van der Waals surface area contributed by atoms with Gasteiger partial charge in [-0.15, -0.1) is 0 Å². The highest BCUT2D eigenvalue weighted by molar-refractivity contribution is 5.96. The first kappa shape index (κ1) is 9.77. The number of halogens is 3. The van der Waals surface area contributed by atoms with E-state index in [0.29, 0.717) is 12.1 Å². The summed E-state index contributed by atoms with van der Waals surface area (Å²) < 4.78 is 37.8. The molecule has 0 saturated carbocycles. The van der Waals surface area contributed by atoms with Gasteiger partial charge in [0.2, 0.25) is 0 Å². The van der Waals surface area contributed by atoms with Crippen LogP contribution in [0.5, 0.6) is 0 Å². The molecule has 0 heterocycles. The summed E-state index contributed by atoms with van der Waals surface area (Å²) in [6.07, 6.45) is 0.0575. The lowest BCUT2D eigenvalue weighted by molar-refractivity contribution is 0.0983. The standard InChI is InChI=1S/C9H7F3O/c1-2-9(13)5-3-7(11)8(12)4-6(5)10/h3-4H,2H2,1H3. The van der Waals surface area contributed by atoms with E-state index >= 15 is 0 Å². The van der Waals surface area contributed by atoms with Crippen LogP contribution in [0.25, 0.3) is 0 Å². The molecule has 0 aromatic heterocycles. The van der Waals surface area contributed by atoms with Crippen molar-refractivity contribution in [3.05, 3.63) is 35.1 Å². The second kappa shape index (κ2) is 3.60. The zero-order valence-corrected chi connectivity index (χ0v) is 6.90. The first-order valence-electron chi connectivity index (χ1n) is 3.74. The lowest BCUT2D eigenvalue weighted by Gasteiger charge is -2.00. The minimum atomic E-state index is -1.29. The summed E-state index contributed by atoms with van der Waals surface area (Å²) in [4.78, 5) is 11.0. The van der Waals surface area contributed by atoms with E-state index in [9.17, 15) is 18.0 Å². The van der Waals surface area contributed by atoms with Gasteiger partial charge >= 0.3 is 0 Å². The second-order valence-electron chi connectivity index (χ2n) is 2.52. The molecular weight excluding hydrogens is 181 g/mol. The summed E-state index contributed by atoms with van der Waals surface area (Å²) in [5, 5.41) is 0. The average molecular weight is 188 g/mol. The van der Waals surface area contributed by atoms with Crippen LogP contribution in [0.4, 0.5) is 13.2 Å². The number of Topliss-reactive ketones (excluding diaryl/α,β-unsaturated/α-hetero) is 1. The molecule has 1 nitrogen and oxygen atoms in total. The first-order chi connectivity index (χ1) is 6.06. The minimum Gasteiger partial charge on any atom is -0.294 e. The molecule has 1 aromatic carbocycles. The van der Waals surface area contributed by atoms with Crippen molar-refractivity contribution in [3.8, 4) is 0 Å². The number of ketones is 1. The van der Waals surface area contributed by atoms with Crippen molar-refractivity contribution in [3.63, 3.8) is 0 Å². The number of hydrogen-bond acceptors (Lipinski definition) is 1. The van der Waals surface area contributed by atoms with E-state index in [4.69, 9.17) is 0 Å². The van der Waals surface area contributed by atoms with E-state index in [1.165, 1.54) is 6.92 Å². The lowest BCUT2D eigenvalue weighted by Crippen LogP contribution is -2.02. The van der Waals surface area contributed by atoms with Crippen LogP contribution >= 0.6 is 0 Å². The maximum atomic E-state index is 12.8. The number of benzene rings is 1. The fourth-order valence-electron chi connectivity index (χ4n) is 0.927. The van der Waals surface area contributed by atoms with Gasteiger partial charge in [-0.2, -0.15) is 0 Å². The van der Waals surface area contributed by atoms with E-state index in [1.54, 1.807) is 0 Å². The third kappa shape index (κ3) is 1.88. The first-order valence-corrected chi connectivity index (χ1v) is 3.74. The van der Waals surface area contributed by atoms with Gasteiger partial charge < -0.3 is 0 Å². The summed E-state index contributed by atoms with van der Waals surface area (Å²) in [7, 11) is 0. The molecule has 0 radical (unpaired) electrons. The second-order valence-corrected chi connectivity index (χ2v) is 2.52. The molecule has 0 aliphatic heterocycles. The predicted molar refractivity (Wildman–Crippen MR) is 40.9 cm³/mol. The SMILES string of the molecule is CCC(=O)c1cc(F)c(F)cc1F. The van der Waals surface area contributed by atoms with Crippen molar-refractivity contribution in [2.24, 2.45) is 0 Å². The van der Waals surface area contributed by atoms with Gasteiger partial charge in [-0.05, 0) is 6.07 Å². The van der Waals surface area contributed by atoms with Gasteiger partial charge in [-0.3, -0.25) is 4.79 Å². The van der Waals surface area contributed by atoms with Gasteiger partial charge in [-0.25, -0.2) is 13.2 Å². The molecule has 0 fully saturated rings. The van der Waals surface area contributed by atoms with Gasteiger partial charge in [0.1, 0.15) is 5.82 Å². The number of carbonyl (C=O) groups is 1. The molecule has 70 valence electrons. The topological polar surface area (TPSA) is 17.1 Å². The Hall–Kier alpha value is -1.32. The van der Waals surface area contributed by atoms with Crippen LogP contribution < -0.4 is 0 Å². The predicted octanol–water partition coefficient (Wildman–Crippen LogP) is 2.70. The molecular formula is C9H7F3O. The van der Waals surface area contributed by atoms with Crippen molar-refractivity contribution in [2.45, 2.75) is 13.3 Å². The summed E-state index contributed by atoms with van der Waals surface area (Å²) in [5.74, 6) is -4.06.